The van der Waals surface area contributed by atoms with E-state index in [1.807, 2.05) is 0 Å². The van der Waals surface area contributed by atoms with Crippen LogP contribution in [0.25, 0.3) is 5.69 Å². The molecule has 2 atom stereocenters. The number of hydrogen-bond acceptors (Lipinski definition) is 4. The molecule has 1 amide bonds. The van der Waals surface area contributed by atoms with Crippen molar-refractivity contribution in [3.8, 4) is 5.69 Å². The van der Waals surface area contributed by atoms with Gasteiger partial charge in [0, 0.05) is 17.8 Å². The molecule has 1 N–H and O–H groups in total. The van der Waals surface area contributed by atoms with E-state index in [2.05, 4.69) is 5.10 Å². The number of benzene rings is 1. The Labute approximate surface area is 159 Å². The maximum Gasteiger partial charge on any atom is 0.334 e. The predicted molar refractivity (Wildman–Crippen MR) is 93.4 cm³/mol. The standard InChI is InChI=1S/C19H19F2N3O4/c1-10-8-23(9-15(28-10)19(26)27)18(25)17-11-4-2-6-13(11)24(22-17)14-7-3-5-12(20)16(14)21/h3,5,7,10,15H,2,4,6,8-9H2,1H3,(H,26,27)/t10-,15?/m1/s1. The molecule has 7 nitrogen and oxygen atoms in total. The monoisotopic (exact) mass is 391 g/mol. The summed E-state index contributed by atoms with van der Waals surface area (Å²) in [7, 11) is 0. The first-order chi connectivity index (χ1) is 13.4. The maximum absolute atomic E-state index is 14.3. The number of aliphatic carboxylic acids is 1. The third kappa shape index (κ3) is 3.05. The van der Waals surface area contributed by atoms with E-state index in [1.165, 1.54) is 21.7 Å². The number of fused-ring (bicyclic) bond motifs is 1. The summed E-state index contributed by atoms with van der Waals surface area (Å²) in [5, 5.41) is 13.5. The molecule has 9 heteroatoms. The molecule has 1 aliphatic carbocycles. The molecule has 2 aromatic rings. The number of carbonyl (C=O) groups excluding carboxylic acids is 1. The fourth-order valence-electron chi connectivity index (χ4n) is 3.87. The number of aromatic nitrogens is 2. The third-order valence-electron chi connectivity index (χ3n) is 5.12. The molecule has 0 saturated carbocycles. The SMILES string of the molecule is C[C@@H]1CN(C(=O)c2nn(-c3cccc(F)c3F)c3c2CCC3)CC(C(=O)O)O1. The van der Waals surface area contributed by atoms with E-state index >= 15 is 0 Å². The quantitative estimate of drug-likeness (QED) is 0.865. The lowest BCUT2D eigenvalue weighted by Gasteiger charge is -2.34. The van der Waals surface area contributed by atoms with Gasteiger partial charge in [0.2, 0.25) is 0 Å². The van der Waals surface area contributed by atoms with Crippen LogP contribution in [-0.2, 0) is 22.4 Å². The first-order valence-electron chi connectivity index (χ1n) is 9.09. The Bertz CT molecular complexity index is 959. The minimum absolute atomic E-state index is 0.0454. The van der Waals surface area contributed by atoms with Crippen molar-refractivity contribution >= 4 is 11.9 Å². The Kier molecular flexibility index (Phi) is 4.62. The highest BCUT2D eigenvalue weighted by molar-refractivity contribution is 5.95. The van der Waals surface area contributed by atoms with Gasteiger partial charge in [0.1, 0.15) is 5.69 Å². The Morgan fingerprint density at radius 3 is 2.79 bits per heavy atom. The molecule has 4 rings (SSSR count). The molecule has 1 aromatic heterocycles. The maximum atomic E-state index is 14.3. The Morgan fingerprint density at radius 2 is 2.04 bits per heavy atom. The first kappa shape index (κ1) is 18.5. The number of morpholine rings is 1. The smallest absolute Gasteiger partial charge is 0.334 e. The molecule has 1 fully saturated rings. The number of halogens is 2. The van der Waals surface area contributed by atoms with E-state index < -0.39 is 35.7 Å². The summed E-state index contributed by atoms with van der Waals surface area (Å²) in [6.45, 7) is 1.84. The minimum atomic E-state index is -1.14. The number of nitrogens with zero attached hydrogens (tertiary/aromatic N) is 3. The summed E-state index contributed by atoms with van der Waals surface area (Å²) in [5.74, 6) is -3.57. The van der Waals surface area contributed by atoms with Crippen LogP contribution in [0.15, 0.2) is 18.2 Å². The highest BCUT2D eigenvalue weighted by atomic mass is 19.2. The summed E-state index contributed by atoms with van der Waals surface area (Å²) in [4.78, 5) is 25.8. The van der Waals surface area contributed by atoms with Gasteiger partial charge in [0.05, 0.1) is 12.6 Å². The van der Waals surface area contributed by atoms with Crippen LogP contribution in [0.2, 0.25) is 0 Å². The number of carbonyl (C=O) groups is 2. The van der Waals surface area contributed by atoms with Crippen LogP contribution in [0, 0.1) is 11.6 Å². The van der Waals surface area contributed by atoms with Crippen LogP contribution in [0.1, 0.15) is 35.1 Å². The van der Waals surface area contributed by atoms with Crippen molar-refractivity contribution in [3.05, 3.63) is 46.8 Å². The lowest BCUT2D eigenvalue weighted by molar-refractivity contribution is -0.160. The van der Waals surface area contributed by atoms with Crippen molar-refractivity contribution in [1.82, 2.24) is 14.7 Å². The van der Waals surface area contributed by atoms with Gasteiger partial charge in [0.25, 0.3) is 5.91 Å². The Hall–Kier alpha value is -2.81. The minimum Gasteiger partial charge on any atom is -0.479 e. The van der Waals surface area contributed by atoms with E-state index in [9.17, 15) is 23.5 Å². The van der Waals surface area contributed by atoms with Gasteiger partial charge >= 0.3 is 5.97 Å². The van der Waals surface area contributed by atoms with Crippen LogP contribution in [0.4, 0.5) is 8.78 Å². The van der Waals surface area contributed by atoms with Crippen LogP contribution in [0.3, 0.4) is 0 Å². The summed E-state index contributed by atoms with van der Waals surface area (Å²) < 4.78 is 34.6. The molecule has 0 spiro atoms. The normalized spacial score (nSPS) is 21.6. The Balaban J connectivity index is 1.72. The van der Waals surface area contributed by atoms with Crippen LogP contribution >= 0.6 is 0 Å². The third-order valence-corrected chi connectivity index (χ3v) is 5.12. The zero-order valence-corrected chi connectivity index (χ0v) is 15.2. The number of amides is 1. The fraction of sp³-hybridized carbons (Fsp3) is 0.421. The number of rotatable bonds is 3. The molecular formula is C19H19F2N3O4. The van der Waals surface area contributed by atoms with Gasteiger partial charge in [-0.3, -0.25) is 4.79 Å². The molecule has 2 aliphatic rings. The van der Waals surface area contributed by atoms with Crippen molar-refractivity contribution in [1.29, 1.82) is 0 Å². The second-order valence-electron chi connectivity index (χ2n) is 7.10. The zero-order valence-electron chi connectivity index (χ0n) is 15.2. The molecule has 0 radical (unpaired) electrons. The second-order valence-corrected chi connectivity index (χ2v) is 7.10. The molecule has 2 heterocycles. The van der Waals surface area contributed by atoms with Crippen LogP contribution in [-0.4, -0.2) is 57.0 Å². The number of ether oxygens (including phenoxy) is 1. The lowest BCUT2D eigenvalue weighted by Crippen LogP contribution is -2.52. The summed E-state index contributed by atoms with van der Waals surface area (Å²) >= 11 is 0. The van der Waals surface area contributed by atoms with Crippen molar-refractivity contribution < 1.29 is 28.2 Å². The average molecular weight is 391 g/mol. The average Bonchev–Trinajstić information content (AvgIpc) is 3.26. The lowest BCUT2D eigenvalue weighted by atomic mass is 10.1. The van der Waals surface area contributed by atoms with Gasteiger partial charge in [-0.25, -0.2) is 18.3 Å². The van der Waals surface area contributed by atoms with E-state index in [-0.39, 0.29) is 24.5 Å². The van der Waals surface area contributed by atoms with Crippen molar-refractivity contribution in [2.75, 3.05) is 13.1 Å². The predicted octanol–water partition coefficient (Wildman–Crippen LogP) is 1.95. The molecule has 1 saturated heterocycles. The van der Waals surface area contributed by atoms with Gasteiger partial charge in [0.15, 0.2) is 23.4 Å². The molecule has 28 heavy (non-hydrogen) atoms. The molecular weight excluding hydrogens is 372 g/mol. The van der Waals surface area contributed by atoms with Crippen molar-refractivity contribution in [2.24, 2.45) is 0 Å². The molecule has 148 valence electrons. The summed E-state index contributed by atoms with van der Waals surface area (Å²) in [5.41, 5.74) is 1.51. The number of carboxylic acids is 1. The molecule has 1 aromatic carbocycles. The molecule has 0 bridgehead atoms. The summed E-state index contributed by atoms with van der Waals surface area (Å²) in [6.07, 6.45) is 0.443. The van der Waals surface area contributed by atoms with E-state index in [0.29, 0.717) is 24.1 Å². The second kappa shape index (κ2) is 6.97. The van der Waals surface area contributed by atoms with Crippen molar-refractivity contribution in [2.45, 2.75) is 38.4 Å². The van der Waals surface area contributed by atoms with Gasteiger partial charge < -0.3 is 14.7 Å². The van der Waals surface area contributed by atoms with E-state index in [1.54, 1.807) is 6.92 Å². The zero-order chi connectivity index (χ0) is 20.0. The molecule has 1 aliphatic heterocycles. The molecule has 1 unspecified atom stereocenters. The largest absolute Gasteiger partial charge is 0.479 e. The van der Waals surface area contributed by atoms with Crippen LogP contribution < -0.4 is 0 Å². The highest BCUT2D eigenvalue weighted by Gasteiger charge is 2.36. The first-order valence-corrected chi connectivity index (χ1v) is 9.09. The summed E-state index contributed by atoms with van der Waals surface area (Å²) in [6, 6.07) is 3.82. The van der Waals surface area contributed by atoms with Crippen molar-refractivity contribution in [3.63, 3.8) is 0 Å². The Morgan fingerprint density at radius 1 is 1.25 bits per heavy atom. The van der Waals surface area contributed by atoms with E-state index in [4.69, 9.17) is 4.74 Å². The van der Waals surface area contributed by atoms with Crippen LogP contribution in [0.5, 0.6) is 0 Å². The highest BCUT2D eigenvalue weighted by Crippen LogP contribution is 2.30. The van der Waals surface area contributed by atoms with Gasteiger partial charge in [-0.15, -0.1) is 0 Å². The fourth-order valence-corrected chi connectivity index (χ4v) is 3.87. The van der Waals surface area contributed by atoms with E-state index in [0.717, 1.165) is 12.5 Å². The topological polar surface area (TPSA) is 84.7 Å². The van der Waals surface area contributed by atoms with Gasteiger partial charge in [-0.1, -0.05) is 6.07 Å². The van der Waals surface area contributed by atoms with Gasteiger partial charge in [-0.05, 0) is 38.3 Å². The van der Waals surface area contributed by atoms with Gasteiger partial charge in [-0.2, -0.15) is 5.10 Å². The number of hydrogen-bond donors (Lipinski definition) is 1. The number of carboxylic acid groups (broad SMARTS) is 1.